The fourth-order valence-electron chi connectivity index (χ4n) is 2.04. The molecule has 0 aromatic rings. The van der Waals surface area contributed by atoms with E-state index in [1.165, 1.54) is 0 Å². The van der Waals surface area contributed by atoms with Crippen LogP contribution in [0, 0.1) is 11.8 Å². The first-order chi connectivity index (χ1) is 5.47. The molecule has 1 aliphatic carbocycles. The summed E-state index contributed by atoms with van der Waals surface area (Å²) in [4.78, 5) is 0. The van der Waals surface area contributed by atoms with Crippen LogP contribution < -0.4 is 0 Å². The molecule has 0 bridgehead atoms. The quantitative estimate of drug-likeness (QED) is 0.599. The van der Waals surface area contributed by atoms with Crippen LogP contribution in [0.2, 0.25) is 0 Å². The Kier molecular flexibility index (Phi) is 3.08. The van der Waals surface area contributed by atoms with Gasteiger partial charge in [-0.1, -0.05) is 19.8 Å². The molecule has 72 valence electrons. The lowest BCUT2D eigenvalue weighted by molar-refractivity contribution is -0.0104. The molecular weight excluding hydrogens is 158 g/mol. The van der Waals surface area contributed by atoms with Gasteiger partial charge in [-0.05, 0) is 31.6 Å². The maximum atomic E-state index is 12.6. The first kappa shape index (κ1) is 9.94. The van der Waals surface area contributed by atoms with Gasteiger partial charge >= 0.3 is 0 Å². The number of rotatable bonds is 2. The van der Waals surface area contributed by atoms with Gasteiger partial charge < -0.3 is 0 Å². The van der Waals surface area contributed by atoms with Crippen molar-refractivity contribution in [1.82, 2.24) is 0 Å². The minimum absolute atomic E-state index is 0.0969. The molecule has 0 N–H and O–H groups in total. The molecule has 0 radical (unpaired) electrons. The highest BCUT2D eigenvalue weighted by Crippen LogP contribution is 2.35. The number of hydrogen-bond acceptors (Lipinski definition) is 0. The summed E-state index contributed by atoms with van der Waals surface area (Å²) in [5.41, 5.74) is 0. The summed E-state index contributed by atoms with van der Waals surface area (Å²) < 4.78 is 25.2. The largest absolute Gasteiger partial charge is 0.245 e. The second kappa shape index (κ2) is 3.71. The standard InChI is InChI=1S/C10H18F2/c1-8-3-5-9(6-4-8)7-10(2,11)12/h8-9H,3-7H2,1-2H3. The van der Waals surface area contributed by atoms with E-state index in [0.29, 0.717) is 0 Å². The Balaban J connectivity index is 2.26. The van der Waals surface area contributed by atoms with E-state index in [1.54, 1.807) is 0 Å². The molecule has 1 rings (SSSR count). The summed E-state index contributed by atoms with van der Waals surface area (Å²) in [5, 5.41) is 0. The van der Waals surface area contributed by atoms with Crippen LogP contribution in [0.25, 0.3) is 0 Å². The third kappa shape index (κ3) is 3.51. The lowest BCUT2D eigenvalue weighted by atomic mass is 9.80. The zero-order valence-corrected chi connectivity index (χ0v) is 7.95. The summed E-state index contributed by atoms with van der Waals surface area (Å²) >= 11 is 0. The molecule has 0 aromatic heterocycles. The van der Waals surface area contributed by atoms with Crippen LogP contribution in [-0.2, 0) is 0 Å². The van der Waals surface area contributed by atoms with Crippen molar-refractivity contribution in [3.8, 4) is 0 Å². The van der Waals surface area contributed by atoms with Gasteiger partial charge in [-0.15, -0.1) is 0 Å². The van der Waals surface area contributed by atoms with Crippen LogP contribution in [-0.4, -0.2) is 5.92 Å². The van der Waals surface area contributed by atoms with Gasteiger partial charge in [-0.2, -0.15) is 0 Å². The molecule has 1 saturated carbocycles. The van der Waals surface area contributed by atoms with E-state index in [2.05, 4.69) is 6.92 Å². The van der Waals surface area contributed by atoms with Crippen molar-refractivity contribution in [3.63, 3.8) is 0 Å². The Labute approximate surface area is 73.3 Å². The van der Waals surface area contributed by atoms with E-state index in [-0.39, 0.29) is 12.3 Å². The molecule has 0 saturated heterocycles. The number of alkyl halides is 2. The molecule has 1 fully saturated rings. The highest BCUT2D eigenvalue weighted by Gasteiger charge is 2.28. The van der Waals surface area contributed by atoms with Crippen molar-refractivity contribution in [2.45, 2.75) is 51.9 Å². The molecule has 0 unspecified atom stereocenters. The fourth-order valence-corrected chi connectivity index (χ4v) is 2.04. The summed E-state index contributed by atoms with van der Waals surface area (Å²) in [6.07, 6.45) is 4.39. The Hall–Kier alpha value is -0.140. The lowest BCUT2D eigenvalue weighted by Crippen LogP contribution is -2.20. The van der Waals surface area contributed by atoms with E-state index < -0.39 is 5.92 Å². The van der Waals surface area contributed by atoms with Crippen LogP contribution in [0.5, 0.6) is 0 Å². The Morgan fingerprint density at radius 3 is 2.08 bits per heavy atom. The van der Waals surface area contributed by atoms with Crippen molar-refractivity contribution < 1.29 is 8.78 Å². The molecule has 0 heterocycles. The fraction of sp³-hybridized carbons (Fsp3) is 1.00. The maximum absolute atomic E-state index is 12.6. The van der Waals surface area contributed by atoms with Gasteiger partial charge in [0.1, 0.15) is 0 Å². The van der Waals surface area contributed by atoms with Crippen LogP contribution in [0.15, 0.2) is 0 Å². The Morgan fingerprint density at radius 1 is 1.17 bits per heavy atom. The van der Waals surface area contributed by atoms with Gasteiger partial charge in [0.2, 0.25) is 5.92 Å². The third-order valence-electron chi connectivity index (χ3n) is 2.78. The average molecular weight is 176 g/mol. The zero-order valence-electron chi connectivity index (χ0n) is 7.95. The topological polar surface area (TPSA) is 0 Å². The minimum atomic E-state index is -2.45. The zero-order chi connectivity index (χ0) is 9.19. The van der Waals surface area contributed by atoms with Crippen molar-refractivity contribution in [2.24, 2.45) is 11.8 Å². The average Bonchev–Trinajstić information content (AvgIpc) is 1.91. The number of hydrogen-bond donors (Lipinski definition) is 0. The monoisotopic (exact) mass is 176 g/mol. The summed E-state index contributed by atoms with van der Waals surface area (Å²) in [6.45, 7) is 3.24. The predicted octanol–water partition coefficient (Wildman–Crippen LogP) is 3.86. The van der Waals surface area contributed by atoms with Gasteiger partial charge in [-0.3, -0.25) is 0 Å². The summed E-state index contributed by atoms with van der Waals surface area (Å²) in [7, 11) is 0. The van der Waals surface area contributed by atoms with Gasteiger partial charge in [-0.25, -0.2) is 8.78 Å². The van der Waals surface area contributed by atoms with Gasteiger partial charge in [0.15, 0.2) is 0 Å². The first-order valence-corrected chi connectivity index (χ1v) is 4.85. The van der Waals surface area contributed by atoms with Crippen LogP contribution in [0.4, 0.5) is 8.78 Å². The normalized spacial score (nSPS) is 32.0. The second-order valence-corrected chi connectivity index (χ2v) is 4.40. The van der Waals surface area contributed by atoms with E-state index in [0.717, 1.165) is 38.5 Å². The van der Waals surface area contributed by atoms with Gasteiger partial charge in [0.25, 0.3) is 0 Å². The highest BCUT2D eigenvalue weighted by molar-refractivity contribution is 4.74. The van der Waals surface area contributed by atoms with Crippen molar-refractivity contribution in [1.29, 1.82) is 0 Å². The van der Waals surface area contributed by atoms with Gasteiger partial charge in [0, 0.05) is 6.42 Å². The number of halogens is 2. The third-order valence-corrected chi connectivity index (χ3v) is 2.78. The smallest absolute Gasteiger partial charge is 0.207 e. The summed E-state index contributed by atoms with van der Waals surface area (Å²) in [6, 6.07) is 0. The maximum Gasteiger partial charge on any atom is 0.245 e. The van der Waals surface area contributed by atoms with E-state index in [4.69, 9.17) is 0 Å². The SMILES string of the molecule is CC1CCC(CC(C)(F)F)CC1. The van der Waals surface area contributed by atoms with Crippen LogP contribution >= 0.6 is 0 Å². The molecule has 12 heavy (non-hydrogen) atoms. The molecule has 0 atom stereocenters. The molecule has 2 heteroatoms. The molecule has 1 aliphatic rings. The van der Waals surface area contributed by atoms with Crippen molar-refractivity contribution >= 4 is 0 Å². The molecular formula is C10H18F2. The Morgan fingerprint density at radius 2 is 1.67 bits per heavy atom. The van der Waals surface area contributed by atoms with E-state index >= 15 is 0 Å². The van der Waals surface area contributed by atoms with E-state index in [1.807, 2.05) is 0 Å². The summed E-state index contributed by atoms with van der Waals surface area (Å²) in [5.74, 6) is -1.42. The molecule has 0 amide bonds. The second-order valence-electron chi connectivity index (χ2n) is 4.40. The lowest BCUT2D eigenvalue weighted by Gasteiger charge is -2.27. The van der Waals surface area contributed by atoms with Gasteiger partial charge in [0.05, 0.1) is 0 Å². The Bertz CT molecular complexity index is 129. The predicted molar refractivity (Wildman–Crippen MR) is 46.4 cm³/mol. The van der Waals surface area contributed by atoms with Crippen LogP contribution in [0.3, 0.4) is 0 Å². The molecule has 0 nitrogen and oxygen atoms in total. The minimum Gasteiger partial charge on any atom is -0.207 e. The molecule has 0 aromatic carbocycles. The first-order valence-electron chi connectivity index (χ1n) is 4.85. The van der Waals surface area contributed by atoms with E-state index in [9.17, 15) is 8.78 Å². The molecule has 0 spiro atoms. The van der Waals surface area contributed by atoms with Crippen LogP contribution in [0.1, 0.15) is 46.0 Å². The molecule has 0 aliphatic heterocycles. The van der Waals surface area contributed by atoms with Crippen molar-refractivity contribution in [3.05, 3.63) is 0 Å². The highest BCUT2D eigenvalue weighted by atomic mass is 19.3. The van der Waals surface area contributed by atoms with Crippen molar-refractivity contribution in [2.75, 3.05) is 0 Å².